The van der Waals surface area contributed by atoms with Crippen molar-refractivity contribution in [2.24, 2.45) is 5.73 Å². The molecule has 0 aromatic heterocycles. The van der Waals surface area contributed by atoms with E-state index in [0.717, 1.165) is 17.7 Å². The van der Waals surface area contributed by atoms with Crippen LogP contribution >= 0.6 is 12.6 Å². The van der Waals surface area contributed by atoms with E-state index in [9.17, 15) is 4.79 Å². The molecule has 1 rings (SSSR count). The van der Waals surface area contributed by atoms with Crippen molar-refractivity contribution in [1.29, 1.82) is 0 Å². The van der Waals surface area contributed by atoms with E-state index in [1.807, 2.05) is 24.3 Å². The Morgan fingerprint density at radius 3 is 2.79 bits per heavy atom. The fraction of sp³-hybridized carbons (Fsp3) is 0.182. The Hall–Kier alpha value is -1.22. The van der Waals surface area contributed by atoms with Crippen LogP contribution in [0, 0.1) is 0 Å². The average molecular weight is 207 g/mol. The average Bonchev–Trinajstić information content (AvgIpc) is 2.19. The molecule has 1 aromatic rings. The van der Waals surface area contributed by atoms with Crippen LogP contribution in [0.4, 0.5) is 0 Å². The predicted octanol–water partition coefficient (Wildman–Crippen LogP) is 2.12. The number of benzene rings is 1. The Kier molecular flexibility index (Phi) is 4.26. The van der Waals surface area contributed by atoms with Gasteiger partial charge in [0.25, 0.3) is 0 Å². The SMILES string of the molecule is NC(=O)c1ccccc1C=CCCS. The minimum atomic E-state index is -0.392. The maximum atomic E-state index is 11.0. The second-order valence-corrected chi connectivity index (χ2v) is 3.31. The summed E-state index contributed by atoms with van der Waals surface area (Å²) in [7, 11) is 0. The van der Waals surface area contributed by atoms with Crippen molar-refractivity contribution >= 4 is 24.6 Å². The van der Waals surface area contributed by atoms with Gasteiger partial charge in [0.1, 0.15) is 0 Å². The number of nitrogens with two attached hydrogens (primary N) is 1. The minimum Gasteiger partial charge on any atom is -0.366 e. The highest BCUT2D eigenvalue weighted by Crippen LogP contribution is 2.10. The molecule has 2 N–H and O–H groups in total. The number of hydrogen-bond donors (Lipinski definition) is 2. The predicted molar refractivity (Wildman–Crippen MR) is 62.5 cm³/mol. The zero-order valence-electron chi connectivity index (χ0n) is 7.81. The van der Waals surface area contributed by atoms with Gasteiger partial charge >= 0.3 is 0 Å². The lowest BCUT2D eigenvalue weighted by molar-refractivity contribution is 0.1000. The summed E-state index contributed by atoms with van der Waals surface area (Å²) in [6.45, 7) is 0. The smallest absolute Gasteiger partial charge is 0.249 e. The van der Waals surface area contributed by atoms with E-state index in [1.165, 1.54) is 0 Å². The molecular formula is C11H13NOS. The molecule has 0 aliphatic rings. The van der Waals surface area contributed by atoms with Gasteiger partial charge in [-0.2, -0.15) is 12.6 Å². The van der Waals surface area contributed by atoms with Crippen molar-refractivity contribution in [3.05, 3.63) is 41.5 Å². The van der Waals surface area contributed by atoms with Crippen LogP contribution < -0.4 is 5.73 Å². The molecule has 0 aliphatic carbocycles. The number of amides is 1. The highest BCUT2D eigenvalue weighted by Gasteiger charge is 2.02. The highest BCUT2D eigenvalue weighted by atomic mass is 32.1. The summed E-state index contributed by atoms with van der Waals surface area (Å²) >= 11 is 4.09. The number of carbonyl (C=O) groups excluding carboxylic acids is 1. The van der Waals surface area contributed by atoms with Crippen molar-refractivity contribution in [2.45, 2.75) is 6.42 Å². The van der Waals surface area contributed by atoms with Crippen molar-refractivity contribution in [1.82, 2.24) is 0 Å². The van der Waals surface area contributed by atoms with Gasteiger partial charge in [0.05, 0.1) is 0 Å². The van der Waals surface area contributed by atoms with E-state index >= 15 is 0 Å². The van der Waals surface area contributed by atoms with Gasteiger partial charge in [-0.05, 0) is 23.8 Å². The van der Waals surface area contributed by atoms with Gasteiger partial charge in [-0.15, -0.1) is 0 Å². The van der Waals surface area contributed by atoms with Crippen LogP contribution in [0.3, 0.4) is 0 Å². The first kappa shape index (κ1) is 10.9. The van der Waals surface area contributed by atoms with Gasteiger partial charge in [-0.3, -0.25) is 4.79 Å². The lowest BCUT2D eigenvalue weighted by Gasteiger charge is -2.00. The fourth-order valence-electron chi connectivity index (χ4n) is 1.15. The quantitative estimate of drug-likeness (QED) is 0.730. The minimum absolute atomic E-state index is 0.392. The maximum Gasteiger partial charge on any atom is 0.249 e. The molecule has 0 atom stereocenters. The monoisotopic (exact) mass is 207 g/mol. The number of primary amides is 1. The molecule has 0 aliphatic heterocycles. The van der Waals surface area contributed by atoms with E-state index in [4.69, 9.17) is 5.73 Å². The van der Waals surface area contributed by atoms with E-state index < -0.39 is 5.91 Å². The summed E-state index contributed by atoms with van der Waals surface area (Å²) in [6, 6.07) is 7.28. The van der Waals surface area contributed by atoms with Crippen LogP contribution in [0.2, 0.25) is 0 Å². The number of hydrogen-bond acceptors (Lipinski definition) is 2. The third-order valence-corrected chi connectivity index (χ3v) is 2.08. The highest BCUT2D eigenvalue weighted by molar-refractivity contribution is 7.80. The number of thiol groups is 1. The van der Waals surface area contributed by atoms with E-state index in [-0.39, 0.29) is 0 Å². The van der Waals surface area contributed by atoms with Gasteiger partial charge in [0, 0.05) is 5.56 Å². The summed E-state index contributed by atoms with van der Waals surface area (Å²) in [5, 5.41) is 0. The topological polar surface area (TPSA) is 43.1 Å². The second-order valence-electron chi connectivity index (χ2n) is 2.87. The van der Waals surface area contributed by atoms with Crippen molar-refractivity contribution in [2.75, 3.05) is 5.75 Å². The molecule has 1 aromatic carbocycles. The third kappa shape index (κ3) is 2.92. The first-order chi connectivity index (χ1) is 6.75. The summed E-state index contributed by atoms with van der Waals surface area (Å²) in [5.74, 6) is 0.408. The van der Waals surface area contributed by atoms with Crippen LogP contribution in [0.1, 0.15) is 22.3 Å². The zero-order valence-corrected chi connectivity index (χ0v) is 8.71. The summed E-state index contributed by atoms with van der Waals surface area (Å²) < 4.78 is 0. The number of rotatable bonds is 4. The molecule has 0 saturated carbocycles. The van der Waals surface area contributed by atoms with Gasteiger partial charge in [0.15, 0.2) is 0 Å². The molecule has 0 spiro atoms. The fourth-order valence-corrected chi connectivity index (χ4v) is 1.30. The van der Waals surface area contributed by atoms with E-state index in [0.29, 0.717) is 5.56 Å². The summed E-state index contributed by atoms with van der Waals surface area (Å²) in [6.07, 6.45) is 4.77. The van der Waals surface area contributed by atoms with E-state index in [1.54, 1.807) is 12.1 Å². The Morgan fingerprint density at radius 1 is 1.43 bits per heavy atom. The van der Waals surface area contributed by atoms with Gasteiger partial charge in [-0.25, -0.2) is 0 Å². The van der Waals surface area contributed by atoms with Crippen LogP contribution in [0.15, 0.2) is 30.3 Å². The molecule has 1 amide bonds. The van der Waals surface area contributed by atoms with E-state index in [2.05, 4.69) is 12.6 Å². The Balaban J connectivity index is 2.90. The number of allylic oxidation sites excluding steroid dienone is 1. The molecule has 3 heteroatoms. The maximum absolute atomic E-state index is 11.0. The standard InChI is InChI=1S/C11H13NOS/c12-11(13)10-7-2-1-5-9(10)6-3-4-8-14/h1-3,5-7,14H,4,8H2,(H2,12,13). The van der Waals surface area contributed by atoms with Crippen molar-refractivity contribution < 1.29 is 4.79 Å². The molecule has 0 bridgehead atoms. The molecule has 0 fully saturated rings. The molecular weight excluding hydrogens is 194 g/mol. The van der Waals surface area contributed by atoms with Crippen LogP contribution in [-0.2, 0) is 0 Å². The van der Waals surface area contributed by atoms with Crippen LogP contribution in [0.5, 0.6) is 0 Å². The second kappa shape index (κ2) is 5.50. The largest absolute Gasteiger partial charge is 0.366 e. The molecule has 0 unspecified atom stereocenters. The summed E-state index contributed by atoms with van der Waals surface area (Å²) in [4.78, 5) is 11.0. The molecule has 14 heavy (non-hydrogen) atoms. The number of carbonyl (C=O) groups is 1. The molecule has 74 valence electrons. The first-order valence-electron chi connectivity index (χ1n) is 4.42. The molecule has 0 saturated heterocycles. The lowest BCUT2D eigenvalue weighted by atomic mass is 10.1. The Morgan fingerprint density at radius 2 is 2.14 bits per heavy atom. The molecule has 0 radical (unpaired) electrons. The van der Waals surface area contributed by atoms with Gasteiger partial charge < -0.3 is 5.73 Å². The Bertz CT molecular complexity index is 347. The first-order valence-corrected chi connectivity index (χ1v) is 5.05. The van der Waals surface area contributed by atoms with Crippen molar-refractivity contribution in [3.63, 3.8) is 0 Å². The van der Waals surface area contributed by atoms with Crippen LogP contribution in [0.25, 0.3) is 6.08 Å². The van der Waals surface area contributed by atoms with Gasteiger partial charge in [-0.1, -0.05) is 30.4 Å². The van der Waals surface area contributed by atoms with Crippen LogP contribution in [-0.4, -0.2) is 11.7 Å². The molecule has 2 nitrogen and oxygen atoms in total. The molecule has 0 heterocycles. The van der Waals surface area contributed by atoms with Crippen molar-refractivity contribution in [3.8, 4) is 0 Å². The summed E-state index contributed by atoms with van der Waals surface area (Å²) in [5.41, 5.74) is 6.65. The zero-order chi connectivity index (χ0) is 10.4. The third-order valence-electron chi connectivity index (χ3n) is 1.82. The van der Waals surface area contributed by atoms with Gasteiger partial charge in [0.2, 0.25) is 5.91 Å². The lowest BCUT2D eigenvalue weighted by Crippen LogP contribution is -2.12. The Labute approximate surface area is 89.2 Å². The normalized spacial score (nSPS) is 10.6.